The summed E-state index contributed by atoms with van der Waals surface area (Å²) in [5.41, 5.74) is 21.9. The molecule has 68 heavy (non-hydrogen) atoms. The Morgan fingerprint density at radius 3 is 1.28 bits per heavy atom. The van der Waals surface area contributed by atoms with Gasteiger partial charge in [0.2, 0.25) is 0 Å². The van der Waals surface area contributed by atoms with Crippen LogP contribution in [0, 0.1) is 0 Å². The summed E-state index contributed by atoms with van der Waals surface area (Å²) < 4.78 is 4.84. The molecular weight excluding hydrogens is 827 g/mol. The molecule has 322 valence electrons. The number of benzene rings is 9. The summed E-state index contributed by atoms with van der Waals surface area (Å²) in [6.45, 7) is 9.41. The fourth-order valence-corrected chi connectivity index (χ4v) is 11.9. The highest BCUT2D eigenvalue weighted by atomic mass is 15.2. The zero-order valence-electron chi connectivity index (χ0n) is 38.3. The molecule has 5 nitrogen and oxygen atoms in total. The van der Waals surface area contributed by atoms with Gasteiger partial charge in [0.15, 0.2) is 5.82 Å². The fourth-order valence-electron chi connectivity index (χ4n) is 11.9. The number of aromatic nitrogens is 5. The largest absolute Gasteiger partial charge is 0.309 e. The van der Waals surface area contributed by atoms with Crippen molar-refractivity contribution in [1.29, 1.82) is 0 Å². The number of rotatable bonds is 5. The molecule has 0 atom stereocenters. The minimum Gasteiger partial charge on any atom is -0.309 e. The van der Waals surface area contributed by atoms with E-state index in [1.807, 2.05) is 30.3 Å². The molecule has 0 fully saturated rings. The van der Waals surface area contributed by atoms with Crippen molar-refractivity contribution in [2.24, 2.45) is 0 Å². The molecule has 0 N–H and O–H groups in total. The van der Waals surface area contributed by atoms with Crippen LogP contribution in [0.5, 0.6) is 0 Å². The van der Waals surface area contributed by atoms with Gasteiger partial charge < -0.3 is 9.13 Å². The predicted octanol–water partition coefficient (Wildman–Crippen LogP) is 15.7. The maximum Gasteiger partial charge on any atom is 0.182 e. The fraction of sp³-hybridized carbons (Fsp3) is 0.0952. The first-order valence-electron chi connectivity index (χ1n) is 23.6. The maximum atomic E-state index is 5.29. The molecule has 0 amide bonds. The van der Waals surface area contributed by atoms with Crippen LogP contribution in [0.25, 0.3) is 111 Å². The Balaban J connectivity index is 0.891. The molecule has 3 aromatic heterocycles. The highest BCUT2D eigenvalue weighted by molar-refractivity contribution is 6.13. The minimum atomic E-state index is -0.107. The molecule has 9 aromatic carbocycles. The van der Waals surface area contributed by atoms with Crippen molar-refractivity contribution in [2.75, 3.05) is 0 Å². The zero-order valence-corrected chi connectivity index (χ0v) is 38.3. The third-order valence-electron chi connectivity index (χ3n) is 15.3. The molecule has 0 spiro atoms. The third kappa shape index (κ3) is 5.41. The van der Waals surface area contributed by atoms with Crippen LogP contribution in [0.4, 0.5) is 0 Å². The number of fused-ring (bicyclic) bond motifs is 12. The van der Waals surface area contributed by atoms with E-state index in [1.54, 1.807) is 0 Å². The average Bonchev–Trinajstić information content (AvgIpc) is 4.04. The minimum absolute atomic E-state index is 0.106. The monoisotopic (exact) mass is 871 g/mol. The Kier molecular flexibility index (Phi) is 8.02. The molecule has 3 heterocycles. The zero-order chi connectivity index (χ0) is 45.5. The number of nitrogens with zero attached hydrogens (tertiary/aromatic N) is 5. The van der Waals surface area contributed by atoms with Crippen LogP contribution in [-0.4, -0.2) is 24.3 Å². The van der Waals surface area contributed by atoms with Gasteiger partial charge in [-0.1, -0.05) is 167 Å². The molecule has 0 saturated carbocycles. The van der Waals surface area contributed by atoms with Crippen molar-refractivity contribution in [3.05, 3.63) is 222 Å². The van der Waals surface area contributed by atoms with Crippen LogP contribution in [0.15, 0.2) is 200 Å². The van der Waals surface area contributed by atoms with E-state index in [1.165, 1.54) is 88.1 Å². The lowest BCUT2D eigenvalue weighted by Gasteiger charge is -2.21. The Morgan fingerprint density at radius 2 is 0.765 bits per heavy atom. The molecule has 14 rings (SSSR count). The van der Waals surface area contributed by atoms with E-state index in [4.69, 9.17) is 15.2 Å². The van der Waals surface area contributed by atoms with Crippen molar-refractivity contribution >= 4 is 43.6 Å². The first-order valence-corrected chi connectivity index (χ1v) is 23.6. The molecule has 12 aromatic rings. The van der Waals surface area contributed by atoms with Gasteiger partial charge in [0.1, 0.15) is 11.4 Å². The summed E-state index contributed by atoms with van der Waals surface area (Å²) in [5.74, 6) is 0.591. The maximum absolute atomic E-state index is 5.29. The van der Waals surface area contributed by atoms with Gasteiger partial charge in [0, 0.05) is 60.4 Å². The van der Waals surface area contributed by atoms with Gasteiger partial charge in [0.05, 0.1) is 22.1 Å². The van der Waals surface area contributed by atoms with Gasteiger partial charge in [0.25, 0.3) is 0 Å². The van der Waals surface area contributed by atoms with Crippen LogP contribution >= 0.6 is 0 Å². The number of hydrogen-bond acceptors (Lipinski definition) is 3. The Morgan fingerprint density at radius 1 is 0.324 bits per heavy atom. The molecule has 0 unspecified atom stereocenters. The topological polar surface area (TPSA) is 48.5 Å². The molecule has 2 aliphatic rings. The van der Waals surface area contributed by atoms with Gasteiger partial charge in [-0.25, -0.2) is 4.98 Å². The molecule has 0 saturated heterocycles. The summed E-state index contributed by atoms with van der Waals surface area (Å²) in [7, 11) is 0. The standard InChI is InChI=1S/C63H45N5/c1-62(2)51-22-12-8-18-43(51)47-34-49-45-20-10-14-24-55(45)67(57(49)36-53(47)62)41-30-26-38(27-31-41)59-60(65-66-61(64-59)40-16-6-5-7-17-40)39-28-32-42(33-29-39)68-56-25-15-11-21-46(56)50-35-48-44-19-9-13-23-52(44)63(3,4)54(48)37-58(50)68/h5-37H,1-4H3. The lowest BCUT2D eigenvalue weighted by molar-refractivity contribution is 0.661. The van der Waals surface area contributed by atoms with E-state index in [-0.39, 0.29) is 10.8 Å². The average molecular weight is 872 g/mol. The van der Waals surface area contributed by atoms with E-state index < -0.39 is 0 Å². The van der Waals surface area contributed by atoms with Gasteiger partial charge in [-0.15, -0.1) is 10.2 Å². The van der Waals surface area contributed by atoms with Crippen molar-refractivity contribution in [3.63, 3.8) is 0 Å². The second-order valence-corrected chi connectivity index (χ2v) is 19.7. The number of para-hydroxylation sites is 2. The Bertz CT molecular complexity index is 4060. The van der Waals surface area contributed by atoms with Crippen LogP contribution < -0.4 is 0 Å². The van der Waals surface area contributed by atoms with Crippen LogP contribution in [0.1, 0.15) is 49.9 Å². The lowest BCUT2D eigenvalue weighted by Crippen LogP contribution is -2.15. The van der Waals surface area contributed by atoms with Crippen LogP contribution in [0.2, 0.25) is 0 Å². The van der Waals surface area contributed by atoms with Gasteiger partial charge in [-0.2, -0.15) is 0 Å². The summed E-state index contributed by atoms with van der Waals surface area (Å²) >= 11 is 0. The highest BCUT2D eigenvalue weighted by Crippen LogP contribution is 2.52. The van der Waals surface area contributed by atoms with Crippen molar-refractivity contribution in [1.82, 2.24) is 24.3 Å². The molecule has 2 aliphatic carbocycles. The van der Waals surface area contributed by atoms with E-state index in [0.29, 0.717) is 5.82 Å². The number of hydrogen-bond donors (Lipinski definition) is 0. The van der Waals surface area contributed by atoms with E-state index in [9.17, 15) is 0 Å². The first-order chi connectivity index (χ1) is 33.2. The van der Waals surface area contributed by atoms with Crippen molar-refractivity contribution < 1.29 is 0 Å². The summed E-state index contributed by atoms with van der Waals surface area (Å²) in [6, 6.07) is 72.8. The third-order valence-corrected chi connectivity index (χ3v) is 15.3. The second kappa shape index (κ2) is 14.1. The molecule has 0 bridgehead atoms. The Hall–Kier alpha value is -8.41. The molecule has 0 radical (unpaired) electrons. The first kappa shape index (κ1) is 38.8. The van der Waals surface area contributed by atoms with Crippen molar-refractivity contribution in [2.45, 2.75) is 38.5 Å². The summed E-state index contributed by atoms with van der Waals surface area (Å²) in [6.07, 6.45) is 0. The van der Waals surface area contributed by atoms with Gasteiger partial charge in [-0.3, -0.25) is 0 Å². The summed E-state index contributed by atoms with van der Waals surface area (Å²) in [5, 5.41) is 14.7. The second-order valence-electron chi connectivity index (χ2n) is 19.7. The quantitative estimate of drug-likeness (QED) is 0.173. The van der Waals surface area contributed by atoms with Crippen LogP contribution in [-0.2, 0) is 10.8 Å². The van der Waals surface area contributed by atoms with E-state index in [2.05, 4.69) is 207 Å². The van der Waals surface area contributed by atoms with E-state index in [0.717, 1.165) is 39.5 Å². The summed E-state index contributed by atoms with van der Waals surface area (Å²) in [4.78, 5) is 5.29. The normalized spacial score (nSPS) is 14.1. The highest BCUT2D eigenvalue weighted by Gasteiger charge is 2.37. The van der Waals surface area contributed by atoms with Gasteiger partial charge in [-0.05, 0) is 105 Å². The van der Waals surface area contributed by atoms with Gasteiger partial charge >= 0.3 is 0 Å². The van der Waals surface area contributed by atoms with Crippen LogP contribution in [0.3, 0.4) is 0 Å². The SMILES string of the molecule is CC1(C)c2ccccc2-c2cc3c4ccccc4n(-c4ccc(-c5nnc(-c6ccccc6)nc5-c5ccc(-n6c7ccccc7c7cc8c(cc76)C(C)(C)c6ccccc6-8)cc5)cc4)c3cc21. The predicted molar refractivity (Wildman–Crippen MR) is 280 cm³/mol. The molecule has 5 heteroatoms. The Labute approximate surface area is 394 Å². The smallest absolute Gasteiger partial charge is 0.182 e. The van der Waals surface area contributed by atoms with E-state index >= 15 is 0 Å². The lowest BCUT2D eigenvalue weighted by atomic mass is 9.82. The molecular formula is C63H45N5. The van der Waals surface area contributed by atoms with Crippen molar-refractivity contribution in [3.8, 4) is 67.5 Å². The molecule has 0 aliphatic heterocycles.